The fourth-order valence-corrected chi connectivity index (χ4v) is 4.27. The molecule has 160 valence electrons. The zero-order valence-electron chi connectivity index (χ0n) is 16.7. The van der Waals surface area contributed by atoms with E-state index in [0.717, 1.165) is 18.4 Å². The molecule has 31 heavy (non-hydrogen) atoms. The second-order valence-electron chi connectivity index (χ2n) is 7.42. The highest BCUT2D eigenvalue weighted by Crippen LogP contribution is 2.36. The molecule has 0 radical (unpaired) electrons. The number of nitrogens with one attached hydrogen (secondary N) is 2. The van der Waals surface area contributed by atoms with Crippen molar-refractivity contribution in [2.45, 2.75) is 5.75 Å². The third-order valence-electron chi connectivity index (χ3n) is 4.92. The topological polar surface area (TPSA) is 84.0 Å². The molecule has 2 aromatic carbocycles. The fraction of sp³-hybridized carbons (Fsp3) is 0.136. The third-order valence-corrected chi connectivity index (χ3v) is 5.78. The molecule has 0 aliphatic rings. The molecule has 2 aromatic heterocycles. The second kappa shape index (κ2) is 7.66. The first kappa shape index (κ1) is 20.8. The number of H-pyrrole nitrogens is 1. The van der Waals surface area contributed by atoms with Crippen molar-refractivity contribution in [3.63, 3.8) is 0 Å². The van der Waals surface area contributed by atoms with E-state index >= 15 is 0 Å². The van der Waals surface area contributed by atoms with Crippen LogP contribution < -0.4 is 10.9 Å². The number of benzene rings is 2. The van der Waals surface area contributed by atoms with E-state index in [-0.39, 0.29) is 17.0 Å². The van der Waals surface area contributed by atoms with E-state index in [9.17, 15) is 22.0 Å². The molecule has 0 atom stereocenters. The van der Waals surface area contributed by atoms with E-state index in [1.165, 1.54) is 10.6 Å². The number of halogens is 2. The standard InChI is InChI=1S/C22H19F2N3O3S/c1-27-8-7-15-17(11-25-21(15)22(27)28)16-9-13(12-31(2,29)30)3-5-19(16)26-20-6-4-14(23)10-18(20)24/h3-11,25-26H,12H2,1-2H3. The zero-order valence-corrected chi connectivity index (χ0v) is 17.6. The number of aromatic amines is 1. The van der Waals surface area contributed by atoms with Gasteiger partial charge in [0.05, 0.1) is 11.4 Å². The number of aromatic nitrogens is 2. The minimum absolute atomic E-state index is 0.0641. The molecule has 4 rings (SSSR count). The first-order chi connectivity index (χ1) is 14.6. The third kappa shape index (κ3) is 4.22. The maximum atomic E-state index is 14.2. The van der Waals surface area contributed by atoms with Crippen LogP contribution in [0.4, 0.5) is 20.2 Å². The number of sulfone groups is 1. The lowest BCUT2D eigenvalue weighted by Crippen LogP contribution is -2.15. The minimum Gasteiger partial charge on any atom is -0.356 e. The molecule has 0 saturated heterocycles. The van der Waals surface area contributed by atoms with Crippen LogP contribution in [0.1, 0.15) is 5.56 Å². The highest BCUT2D eigenvalue weighted by atomic mass is 32.2. The Morgan fingerprint density at radius 1 is 1.03 bits per heavy atom. The molecule has 0 aliphatic carbocycles. The van der Waals surface area contributed by atoms with Crippen LogP contribution in [0.2, 0.25) is 0 Å². The summed E-state index contributed by atoms with van der Waals surface area (Å²) in [6.07, 6.45) is 4.43. The Morgan fingerprint density at radius 2 is 1.77 bits per heavy atom. The van der Waals surface area contributed by atoms with Gasteiger partial charge in [0, 0.05) is 54.0 Å². The lowest BCUT2D eigenvalue weighted by atomic mass is 10.0. The molecule has 0 fully saturated rings. The van der Waals surface area contributed by atoms with Crippen LogP contribution in [0.3, 0.4) is 0 Å². The summed E-state index contributed by atoms with van der Waals surface area (Å²) in [5.74, 6) is -1.63. The molecule has 6 nitrogen and oxygen atoms in total. The number of hydrogen-bond donors (Lipinski definition) is 2. The van der Waals surface area contributed by atoms with Crippen molar-refractivity contribution in [1.82, 2.24) is 9.55 Å². The predicted molar refractivity (Wildman–Crippen MR) is 117 cm³/mol. The van der Waals surface area contributed by atoms with Crippen molar-refractivity contribution in [3.05, 3.63) is 82.4 Å². The molecule has 0 saturated carbocycles. The average Bonchev–Trinajstić information content (AvgIpc) is 3.11. The van der Waals surface area contributed by atoms with Crippen molar-refractivity contribution >= 4 is 32.1 Å². The van der Waals surface area contributed by atoms with Crippen molar-refractivity contribution in [2.24, 2.45) is 7.05 Å². The summed E-state index contributed by atoms with van der Waals surface area (Å²) in [6, 6.07) is 9.91. The van der Waals surface area contributed by atoms with Gasteiger partial charge >= 0.3 is 0 Å². The van der Waals surface area contributed by atoms with Gasteiger partial charge in [-0.3, -0.25) is 4.79 Å². The lowest BCUT2D eigenvalue weighted by molar-refractivity contribution is 0.586. The van der Waals surface area contributed by atoms with Crippen LogP contribution in [0.15, 0.2) is 59.7 Å². The van der Waals surface area contributed by atoms with Gasteiger partial charge in [-0.1, -0.05) is 6.07 Å². The van der Waals surface area contributed by atoms with Gasteiger partial charge in [0.2, 0.25) is 0 Å². The number of anilines is 2. The van der Waals surface area contributed by atoms with Crippen molar-refractivity contribution in [1.29, 1.82) is 0 Å². The molecule has 0 amide bonds. The predicted octanol–water partition coefficient (Wildman–Crippen LogP) is 4.10. The van der Waals surface area contributed by atoms with Gasteiger partial charge < -0.3 is 14.9 Å². The molecule has 0 spiro atoms. The van der Waals surface area contributed by atoms with E-state index < -0.39 is 21.5 Å². The van der Waals surface area contributed by atoms with Gasteiger partial charge in [0.1, 0.15) is 17.2 Å². The number of nitrogens with zero attached hydrogens (tertiary/aromatic N) is 1. The van der Waals surface area contributed by atoms with E-state index in [2.05, 4.69) is 10.3 Å². The number of pyridine rings is 1. The lowest BCUT2D eigenvalue weighted by Gasteiger charge is -2.14. The summed E-state index contributed by atoms with van der Waals surface area (Å²) in [5, 5.41) is 3.59. The summed E-state index contributed by atoms with van der Waals surface area (Å²) in [7, 11) is -1.65. The zero-order chi connectivity index (χ0) is 22.3. The van der Waals surface area contributed by atoms with Crippen LogP contribution in [0, 0.1) is 11.6 Å². The maximum Gasteiger partial charge on any atom is 0.274 e. The van der Waals surface area contributed by atoms with Gasteiger partial charge in [0.15, 0.2) is 9.84 Å². The SMILES string of the molecule is Cn1ccc2c(-c3cc(CS(C)(=O)=O)ccc3Nc3ccc(F)cc3F)c[nH]c2c1=O. The number of hydrogen-bond acceptors (Lipinski definition) is 4. The van der Waals surface area contributed by atoms with Crippen LogP contribution >= 0.6 is 0 Å². The summed E-state index contributed by atoms with van der Waals surface area (Å²) in [5.41, 5.74) is 2.49. The van der Waals surface area contributed by atoms with Crippen LogP contribution in [-0.2, 0) is 22.6 Å². The van der Waals surface area contributed by atoms with E-state index in [1.54, 1.807) is 43.7 Å². The number of aryl methyl sites for hydroxylation is 1. The van der Waals surface area contributed by atoms with Crippen LogP contribution in [0.5, 0.6) is 0 Å². The summed E-state index contributed by atoms with van der Waals surface area (Å²) in [4.78, 5) is 15.4. The molecule has 0 unspecified atom stereocenters. The highest BCUT2D eigenvalue weighted by molar-refractivity contribution is 7.89. The molecule has 2 N–H and O–H groups in total. The van der Waals surface area contributed by atoms with Crippen LogP contribution in [-0.4, -0.2) is 24.2 Å². The Labute approximate surface area is 177 Å². The quantitative estimate of drug-likeness (QED) is 0.487. The van der Waals surface area contributed by atoms with Gasteiger partial charge in [-0.25, -0.2) is 17.2 Å². The first-order valence-electron chi connectivity index (χ1n) is 9.32. The van der Waals surface area contributed by atoms with Gasteiger partial charge in [-0.2, -0.15) is 0 Å². The van der Waals surface area contributed by atoms with E-state index in [0.29, 0.717) is 33.3 Å². The second-order valence-corrected chi connectivity index (χ2v) is 9.56. The van der Waals surface area contributed by atoms with Gasteiger partial charge in [-0.15, -0.1) is 0 Å². The summed E-state index contributed by atoms with van der Waals surface area (Å²) in [6.45, 7) is 0. The first-order valence-corrected chi connectivity index (χ1v) is 11.4. The van der Waals surface area contributed by atoms with Crippen LogP contribution in [0.25, 0.3) is 22.0 Å². The summed E-state index contributed by atoms with van der Waals surface area (Å²) < 4.78 is 52.5. The molecular formula is C22H19F2N3O3S. The molecule has 2 heterocycles. The molecule has 0 aliphatic heterocycles. The number of rotatable bonds is 5. The van der Waals surface area contributed by atoms with E-state index in [1.807, 2.05) is 0 Å². The Bertz CT molecular complexity index is 1470. The van der Waals surface area contributed by atoms with E-state index in [4.69, 9.17) is 0 Å². The molecule has 9 heteroatoms. The van der Waals surface area contributed by atoms with Crippen molar-refractivity contribution < 1.29 is 17.2 Å². The average molecular weight is 443 g/mol. The molecule has 4 aromatic rings. The maximum absolute atomic E-state index is 14.2. The highest BCUT2D eigenvalue weighted by Gasteiger charge is 2.16. The summed E-state index contributed by atoms with van der Waals surface area (Å²) >= 11 is 0. The normalized spacial score (nSPS) is 11.7. The van der Waals surface area contributed by atoms with Crippen molar-refractivity contribution in [3.8, 4) is 11.1 Å². The molecule has 0 bridgehead atoms. The largest absolute Gasteiger partial charge is 0.356 e. The number of fused-ring (bicyclic) bond motifs is 1. The Hall–Kier alpha value is -3.46. The monoisotopic (exact) mass is 443 g/mol. The Kier molecular flexibility index (Phi) is 5.14. The molecular weight excluding hydrogens is 424 g/mol. The fourth-order valence-electron chi connectivity index (χ4n) is 3.49. The van der Waals surface area contributed by atoms with Gasteiger partial charge in [0.25, 0.3) is 5.56 Å². The Morgan fingerprint density at radius 3 is 2.48 bits per heavy atom. The van der Waals surface area contributed by atoms with Gasteiger partial charge in [-0.05, 0) is 35.9 Å². The smallest absolute Gasteiger partial charge is 0.274 e. The minimum atomic E-state index is -3.28. The van der Waals surface area contributed by atoms with Crippen molar-refractivity contribution in [2.75, 3.05) is 11.6 Å². The Balaban J connectivity index is 1.90.